The summed E-state index contributed by atoms with van der Waals surface area (Å²) in [7, 11) is 1.60. The zero-order chi connectivity index (χ0) is 21.3. The van der Waals surface area contributed by atoms with Crippen molar-refractivity contribution in [3.8, 4) is 5.75 Å². The Labute approximate surface area is 182 Å². The van der Waals surface area contributed by atoms with Gasteiger partial charge in [0.1, 0.15) is 10.1 Å². The van der Waals surface area contributed by atoms with E-state index in [4.69, 9.17) is 17.0 Å². The zero-order valence-corrected chi connectivity index (χ0v) is 17.4. The number of methoxy groups -OCH3 is 1. The first kappa shape index (κ1) is 20.1. The Morgan fingerprint density at radius 2 is 1.97 bits per heavy atom. The number of carboxylic acids is 1. The molecule has 1 aliphatic rings. The molecule has 0 bridgehead atoms. The SMILES string of the molecule is COc1ccc2nc(/C=C3\SC(=S)N([C@@H](C(=O)O)c4ccccc4)C3=O)ccc2c1. The number of aromatic nitrogens is 1. The number of carbonyl (C=O) groups is 2. The molecule has 4 rings (SSSR count). The predicted octanol–water partition coefficient (Wildman–Crippen LogP) is 4.27. The molecule has 0 radical (unpaired) electrons. The Morgan fingerprint density at radius 3 is 2.67 bits per heavy atom. The molecule has 150 valence electrons. The molecule has 0 spiro atoms. The number of carbonyl (C=O) groups excluding carboxylic acids is 1. The molecule has 0 aliphatic carbocycles. The molecular formula is C22H16N2O4S2. The van der Waals surface area contributed by atoms with E-state index < -0.39 is 17.9 Å². The number of nitrogens with zero attached hydrogens (tertiary/aromatic N) is 2. The molecule has 0 unspecified atom stereocenters. The molecule has 30 heavy (non-hydrogen) atoms. The Bertz CT molecular complexity index is 1190. The topological polar surface area (TPSA) is 79.7 Å². The summed E-state index contributed by atoms with van der Waals surface area (Å²) in [6, 6.07) is 16.6. The lowest BCUT2D eigenvalue weighted by Gasteiger charge is -2.23. The average molecular weight is 437 g/mol. The molecule has 1 aliphatic heterocycles. The van der Waals surface area contributed by atoms with Gasteiger partial charge in [-0.1, -0.05) is 60.4 Å². The summed E-state index contributed by atoms with van der Waals surface area (Å²) in [6.07, 6.45) is 1.63. The maximum absolute atomic E-state index is 13.0. The van der Waals surface area contributed by atoms with Gasteiger partial charge in [0.25, 0.3) is 5.91 Å². The van der Waals surface area contributed by atoms with Crippen LogP contribution in [0.15, 0.2) is 65.6 Å². The van der Waals surface area contributed by atoms with Gasteiger partial charge in [-0.3, -0.25) is 9.69 Å². The van der Waals surface area contributed by atoms with Gasteiger partial charge in [0.2, 0.25) is 0 Å². The van der Waals surface area contributed by atoms with Gasteiger partial charge >= 0.3 is 5.97 Å². The van der Waals surface area contributed by atoms with Crippen molar-refractivity contribution in [2.45, 2.75) is 6.04 Å². The van der Waals surface area contributed by atoms with Crippen LogP contribution in [-0.2, 0) is 9.59 Å². The van der Waals surface area contributed by atoms with Crippen molar-refractivity contribution in [2.24, 2.45) is 0 Å². The number of thiocarbonyl (C=S) groups is 1. The summed E-state index contributed by atoms with van der Waals surface area (Å²) in [6.45, 7) is 0. The van der Waals surface area contributed by atoms with Crippen LogP contribution in [-0.4, -0.2) is 38.3 Å². The van der Waals surface area contributed by atoms with E-state index in [1.807, 2.05) is 24.3 Å². The number of hydrogen-bond acceptors (Lipinski definition) is 6. The third-order valence-corrected chi connectivity index (χ3v) is 5.96. The largest absolute Gasteiger partial charge is 0.497 e. The van der Waals surface area contributed by atoms with Crippen LogP contribution in [0.3, 0.4) is 0 Å². The Hall–Kier alpha value is -3.23. The number of ether oxygens (including phenoxy) is 1. The molecule has 1 N–H and O–H groups in total. The summed E-state index contributed by atoms with van der Waals surface area (Å²) >= 11 is 6.41. The van der Waals surface area contributed by atoms with Gasteiger partial charge in [0.05, 0.1) is 23.2 Å². The molecule has 1 saturated heterocycles. The number of amides is 1. The number of aliphatic carboxylic acids is 1. The highest BCUT2D eigenvalue weighted by Gasteiger charge is 2.41. The van der Waals surface area contributed by atoms with E-state index in [0.717, 1.165) is 33.3 Å². The van der Waals surface area contributed by atoms with Crippen molar-refractivity contribution in [2.75, 3.05) is 7.11 Å². The second-order valence-electron chi connectivity index (χ2n) is 6.50. The molecule has 1 atom stereocenters. The van der Waals surface area contributed by atoms with Crippen LogP contribution in [0.1, 0.15) is 17.3 Å². The highest BCUT2D eigenvalue weighted by Crippen LogP contribution is 2.38. The predicted molar refractivity (Wildman–Crippen MR) is 120 cm³/mol. The minimum atomic E-state index is -1.18. The van der Waals surface area contributed by atoms with Gasteiger partial charge < -0.3 is 9.84 Å². The second kappa shape index (κ2) is 8.25. The third-order valence-electron chi connectivity index (χ3n) is 4.63. The first-order valence-electron chi connectivity index (χ1n) is 8.97. The lowest BCUT2D eigenvalue weighted by Crippen LogP contribution is -2.37. The lowest BCUT2D eigenvalue weighted by atomic mass is 10.1. The van der Waals surface area contributed by atoms with Crippen LogP contribution in [0.25, 0.3) is 17.0 Å². The molecule has 2 heterocycles. The van der Waals surface area contributed by atoms with Crippen LogP contribution in [0, 0.1) is 0 Å². The van der Waals surface area contributed by atoms with E-state index in [9.17, 15) is 14.7 Å². The smallest absolute Gasteiger partial charge is 0.331 e. The van der Waals surface area contributed by atoms with Gasteiger partial charge in [-0.25, -0.2) is 9.78 Å². The van der Waals surface area contributed by atoms with Gasteiger partial charge in [-0.2, -0.15) is 0 Å². The fraction of sp³-hybridized carbons (Fsp3) is 0.0909. The Kier molecular flexibility index (Phi) is 5.52. The number of thioether (sulfide) groups is 1. The zero-order valence-electron chi connectivity index (χ0n) is 15.8. The number of fused-ring (bicyclic) bond motifs is 1. The van der Waals surface area contributed by atoms with E-state index in [1.54, 1.807) is 49.6 Å². The molecule has 1 aromatic heterocycles. The van der Waals surface area contributed by atoms with Crippen molar-refractivity contribution in [1.82, 2.24) is 9.88 Å². The first-order valence-corrected chi connectivity index (χ1v) is 10.2. The van der Waals surface area contributed by atoms with Crippen LogP contribution < -0.4 is 4.74 Å². The monoisotopic (exact) mass is 436 g/mol. The van der Waals surface area contributed by atoms with E-state index >= 15 is 0 Å². The van der Waals surface area contributed by atoms with Crippen LogP contribution in [0.5, 0.6) is 5.75 Å². The second-order valence-corrected chi connectivity index (χ2v) is 8.17. The number of hydrogen-bond donors (Lipinski definition) is 1. The molecule has 3 aromatic rings. The molecule has 1 amide bonds. The minimum Gasteiger partial charge on any atom is -0.497 e. The standard InChI is InChI=1S/C22H16N2O4S2/c1-28-16-9-10-17-14(11-16)7-8-15(23-17)12-18-20(25)24(22(29)30-18)19(21(26)27)13-5-3-2-4-6-13/h2-12,19H,1H3,(H,26,27)/b18-12-/t19-/m1/s1. The van der Waals surface area contributed by atoms with Gasteiger partial charge in [-0.05, 0) is 35.9 Å². The summed E-state index contributed by atoms with van der Waals surface area (Å²) in [5.74, 6) is -0.854. The van der Waals surface area contributed by atoms with Crippen LogP contribution >= 0.6 is 24.0 Å². The summed E-state index contributed by atoms with van der Waals surface area (Å²) in [5.41, 5.74) is 1.83. The first-order chi connectivity index (χ1) is 14.5. The number of carboxylic acid groups (broad SMARTS) is 1. The quantitative estimate of drug-likeness (QED) is 0.473. The van der Waals surface area contributed by atoms with Crippen LogP contribution in [0.2, 0.25) is 0 Å². The molecule has 1 fully saturated rings. The molecule has 8 heteroatoms. The fourth-order valence-corrected chi connectivity index (χ4v) is 4.50. The number of pyridine rings is 1. The van der Waals surface area contributed by atoms with Gasteiger partial charge in [0.15, 0.2) is 6.04 Å². The average Bonchev–Trinajstić information content (AvgIpc) is 3.02. The van der Waals surface area contributed by atoms with Crippen molar-refractivity contribution in [3.05, 3.63) is 76.8 Å². The summed E-state index contributed by atoms with van der Waals surface area (Å²) in [4.78, 5) is 31.0. The van der Waals surface area contributed by atoms with E-state index in [0.29, 0.717) is 16.2 Å². The summed E-state index contributed by atoms with van der Waals surface area (Å²) in [5, 5.41) is 10.7. The maximum atomic E-state index is 13.0. The maximum Gasteiger partial charge on any atom is 0.331 e. The highest BCUT2D eigenvalue weighted by atomic mass is 32.2. The van der Waals surface area contributed by atoms with Crippen molar-refractivity contribution < 1.29 is 19.4 Å². The molecule has 6 nitrogen and oxygen atoms in total. The minimum absolute atomic E-state index is 0.202. The number of rotatable bonds is 5. The van der Waals surface area contributed by atoms with Gasteiger partial charge in [-0.15, -0.1) is 0 Å². The van der Waals surface area contributed by atoms with E-state index in [-0.39, 0.29) is 4.32 Å². The summed E-state index contributed by atoms with van der Waals surface area (Å²) < 4.78 is 5.42. The fourth-order valence-electron chi connectivity index (χ4n) is 3.20. The Morgan fingerprint density at radius 1 is 1.20 bits per heavy atom. The van der Waals surface area contributed by atoms with Crippen LogP contribution in [0.4, 0.5) is 0 Å². The highest BCUT2D eigenvalue weighted by molar-refractivity contribution is 8.26. The van der Waals surface area contributed by atoms with Crippen molar-refractivity contribution >= 4 is 57.2 Å². The van der Waals surface area contributed by atoms with E-state index in [2.05, 4.69) is 4.98 Å². The number of benzene rings is 2. The molecule has 2 aromatic carbocycles. The normalized spacial score (nSPS) is 16.3. The molecule has 0 saturated carbocycles. The third kappa shape index (κ3) is 3.79. The van der Waals surface area contributed by atoms with Gasteiger partial charge in [0, 0.05) is 5.39 Å². The van der Waals surface area contributed by atoms with E-state index in [1.165, 1.54) is 0 Å². The lowest BCUT2D eigenvalue weighted by molar-refractivity contribution is -0.145. The van der Waals surface area contributed by atoms with Crippen molar-refractivity contribution in [3.63, 3.8) is 0 Å². The van der Waals surface area contributed by atoms with Crippen molar-refractivity contribution in [1.29, 1.82) is 0 Å². The molecular weight excluding hydrogens is 420 g/mol. The Balaban J connectivity index is 1.67.